The largest absolute Gasteiger partial charge is 0.364 e. The number of nitrogens with two attached hydrogens (primary N) is 1. The molecular formula is C7H17N3. The lowest BCUT2D eigenvalue weighted by Crippen LogP contribution is -2.18. The third kappa shape index (κ3) is 5.41. The Morgan fingerprint density at radius 1 is 1.50 bits per heavy atom. The fourth-order valence-corrected chi connectivity index (χ4v) is 0.783. The van der Waals surface area contributed by atoms with Crippen molar-refractivity contribution in [3.63, 3.8) is 0 Å². The second-order valence-electron chi connectivity index (χ2n) is 2.45. The van der Waals surface area contributed by atoms with Crippen molar-refractivity contribution in [1.82, 2.24) is 4.90 Å². The van der Waals surface area contributed by atoms with Crippen molar-refractivity contribution < 1.29 is 0 Å². The van der Waals surface area contributed by atoms with Crippen LogP contribution in [0.4, 0.5) is 0 Å². The lowest BCUT2D eigenvalue weighted by molar-refractivity contribution is 0.486. The Morgan fingerprint density at radius 3 is 2.70 bits per heavy atom. The zero-order chi connectivity index (χ0) is 7.82. The summed E-state index contributed by atoms with van der Waals surface area (Å²) in [7, 11) is 1.98. The van der Waals surface area contributed by atoms with E-state index in [4.69, 9.17) is 5.84 Å². The Bertz CT molecular complexity index is 90.9. The molecule has 0 spiro atoms. The third-order valence-electron chi connectivity index (χ3n) is 1.38. The third-order valence-corrected chi connectivity index (χ3v) is 1.38. The summed E-state index contributed by atoms with van der Waals surface area (Å²) in [5, 5.41) is 3.42. The van der Waals surface area contributed by atoms with E-state index in [9.17, 15) is 0 Å². The van der Waals surface area contributed by atoms with Crippen LogP contribution in [0.2, 0.25) is 0 Å². The topological polar surface area (TPSA) is 41.6 Å². The molecule has 0 amide bonds. The number of hydrazone groups is 1. The normalized spacial score (nSPS) is 10.6. The van der Waals surface area contributed by atoms with Crippen molar-refractivity contribution >= 4 is 6.34 Å². The molecule has 0 aromatic rings. The lowest BCUT2D eigenvalue weighted by Gasteiger charge is -2.10. The predicted molar refractivity (Wildman–Crippen MR) is 44.8 cm³/mol. The summed E-state index contributed by atoms with van der Waals surface area (Å²) in [5.41, 5.74) is 0. The Morgan fingerprint density at radius 2 is 2.20 bits per heavy atom. The van der Waals surface area contributed by atoms with Crippen LogP contribution < -0.4 is 5.84 Å². The molecule has 60 valence electrons. The molecule has 0 saturated heterocycles. The van der Waals surface area contributed by atoms with Crippen molar-refractivity contribution in [3.05, 3.63) is 0 Å². The molecule has 0 unspecified atom stereocenters. The summed E-state index contributed by atoms with van der Waals surface area (Å²) >= 11 is 0. The van der Waals surface area contributed by atoms with Crippen LogP contribution in [0.1, 0.15) is 26.2 Å². The van der Waals surface area contributed by atoms with E-state index in [2.05, 4.69) is 12.0 Å². The van der Waals surface area contributed by atoms with Crippen molar-refractivity contribution in [2.24, 2.45) is 10.9 Å². The molecule has 0 radical (unpaired) electrons. The van der Waals surface area contributed by atoms with E-state index in [1.165, 1.54) is 19.3 Å². The molecule has 0 aliphatic rings. The fraction of sp³-hybridized carbons (Fsp3) is 0.857. The fourth-order valence-electron chi connectivity index (χ4n) is 0.783. The van der Waals surface area contributed by atoms with Crippen LogP contribution in [0.3, 0.4) is 0 Å². The molecule has 2 N–H and O–H groups in total. The summed E-state index contributed by atoms with van der Waals surface area (Å²) in [6.07, 6.45) is 5.41. The highest BCUT2D eigenvalue weighted by Gasteiger charge is 1.89. The molecule has 0 fully saturated rings. The average Bonchev–Trinajstić information content (AvgIpc) is 1.89. The highest BCUT2D eigenvalue weighted by molar-refractivity contribution is 5.53. The standard InChI is InChI=1S/C7H17N3/c1-3-4-5-6-10(2)7-9-8/h7H,3-6,8H2,1-2H3/b9-7-. The van der Waals surface area contributed by atoms with Gasteiger partial charge in [0, 0.05) is 13.6 Å². The Labute approximate surface area is 62.9 Å². The van der Waals surface area contributed by atoms with Crippen LogP contribution >= 0.6 is 0 Å². The predicted octanol–water partition coefficient (Wildman–Crippen LogP) is 1.01. The highest BCUT2D eigenvalue weighted by Crippen LogP contribution is 1.93. The first-order valence-corrected chi connectivity index (χ1v) is 3.75. The minimum atomic E-state index is 1.05. The van der Waals surface area contributed by atoms with Crippen molar-refractivity contribution in [3.8, 4) is 0 Å². The second-order valence-corrected chi connectivity index (χ2v) is 2.45. The first kappa shape index (κ1) is 9.27. The molecule has 0 heterocycles. The summed E-state index contributed by atoms with van der Waals surface area (Å²) in [5.74, 6) is 4.96. The molecule has 0 aromatic heterocycles. The smallest absolute Gasteiger partial charge is 0.110 e. The van der Waals surface area contributed by atoms with Gasteiger partial charge in [-0.25, -0.2) is 0 Å². The van der Waals surface area contributed by atoms with E-state index >= 15 is 0 Å². The van der Waals surface area contributed by atoms with E-state index in [1.807, 2.05) is 11.9 Å². The van der Waals surface area contributed by atoms with E-state index in [1.54, 1.807) is 6.34 Å². The van der Waals surface area contributed by atoms with Crippen LogP contribution in [0.25, 0.3) is 0 Å². The van der Waals surface area contributed by atoms with Crippen LogP contribution in [-0.2, 0) is 0 Å². The molecule has 0 rings (SSSR count). The van der Waals surface area contributed by atoms with E-state index < -0.39 is 0 Å². The first-order valence-electron chi connectivity index (χ1n) is 3.75. The zero-order valence-electron chi connectivity index (χ0n) is 6.88. The van der Waals surface area contributed by atoms with Gasteiger partial charge >= 0.3 is 0 Å². The van der Waals surface area contributed by atoms with Gasteiger partial charge in [-0.15, -0.1) is 0 Å². The van der Waals surface area contributed by atoms with Gasteiger partial charge < -0.3 is 10.7 Å². The minimum Gasteiger partial charge on any atom is -0.364 e. The minimum absolute atomic E-state index is 1.05. The van der Waals surface area contributed by atoms with Gasteiger partial charge in [-0.05, 0) is 6.42 Å². The Kier molecular flexibility index (Phi) is 5.92. The maximum atomic E-state index is 4.96. The van der Waals surface area contributed by atoms with Crippen LogP contribution in [-0.4, -0.2) is 24.8 Å². The maximum absolute atomic E-state index is 4.96. The van der Waals surface area contributed by atoms with Gasteiger partial charge in [0.15, 0.2) is 0 Å². The number of hydrogen-bond acceptors (Lipinski definition) is 2. The van der Waals surface area contributed by atoms with Gasteiger partial charge in [0.25, 0.3) is 0 Å². The van der Waals surface area contributed by atoms with Gasteiger partial charge in [-0.3, -0.25) is 0 Å². The van der Waals surface area contributed by atoms with E-state index in [0.717, 1.165) is 6.54 Å². The number of nitrogens with zero attached hydrogens (tertiary/aromatic N) is 2. The lowest BCUT2D eigenvalue weighted by atomic mass is 10.2. The van der Waals surface area contributed by atoms with Gasteiger partial charge in [0.1, 0.15) is 6.34 Å². The van der Waals surface area contributed by atoms with E-state index in [-0.39, 0.29) is 0 Å². The van der Waals surface area contributed by atoms with Crippen molar-refractivity contribution in [1.29, 1.82) is 0 Å². The summed E-state index contributed by atoms with van der Waals surface area (Å²) < 4.78 is 0. The quantitative estimate of drug-likeness (QED) is 0.205. The van der Waals surface area contributed by atoms with Gasteiger partial charge in [0.05, 0.1) is 0 Å². The molecule has 0 aromatic carbocycles. The van der Waals surface area contributed by atoms with E-state index in [0.29, 0.717) is 0 Å². The summed E-state index contributed by atoms with van der Waals surface area (Å²) in [6, 6.07) is 0. The molecule has 0 atom stereocenters. The van der Waals surface area contributed by atoms with Gasteiger partial charge in [0.2, 0.25) is 0 Å². The average molecular weight is 143 g/mol. The van der Waals surface area contributed by atoms with Crippen LogP contribution in [0.15, 0.2) is 5.10 Å². The molecular weight excluding hydrogens is 126 g/mol. The summed E-state index contributed by atoms with van der Waals surface area (Å²) in [6.45, 7) is 3.24. The van der Waals surface area contributed by atoms with Gasteiger partial charge in [-0.1, -0.05) is 19.8 Å². The number of rotatable bonds is 5. The second kappa shape index (κ2) is 6.39. The Hall–Kier alpha value is -0.730. The highest BCUT2D eigenvalue weighted by atomic mass is 15.2. The molecule has 10 heavy (non-hydrogen) atoms. The SMILES string of the molecule is CCCCCN(C)/C=N\N. The molecule has 3 heteroatoms. The van der Waals surface area contributed by atoms with Crippen molar-refractivity contribution in [2.45, 2.75) is 26.2 Å². The van der Waals surface area contributed by atoms with Crippen LogP contribution in [0.5, 0.6) is 0 Å². The monoisotopic (exact) mass is 143 g/mol. The molecule has 3 nitrogen and oxygen atoms in total. The zero-order valence-corrected chi connectivity index (χ0v) is 6.88. The van der Waals surface area contributed by atoms with Crippen molar-refractivity contribution in [2.75, 3.05) is 13.6 Å². The Balaban J connectivity index is 3.13. The molecule has 0 bridgehead atoms. The molecule has 0 aliphatic heterocycles. The van der Waals surface area contributed by atoms with Crippen LogP contribution in [0, 0.1) is 0 Å². The summed E-state index contributed by atoms with van der Waals surface area (Å²) in [4.78, 5) is 2.00. The maximum Gasteiger partial charge on any atom is 0.110 e. The molecule has 0 aliphatic carbocycles. The number of hydrogen-bond donors (Lipinski definition) is 1. The van der Waals surface area contributed by atoms with Gasteiger partial charge in [-0.2, -0.15) is 5.10 Å². The molecule has 0 saturated carbocycles. The number of unbranched alkanes of at least 4 members (excludes halogenated alkanes) is 2. The first-order chi connectivity index (χ1) is 4.81.